The number of nitrogens with zero attached hydrogens (tertiary/aromatic N) is 2. The Balaban J connectivity index is 1.88. The summed E-state index contributed by atoms with van der Waals surface area (Å²) in [5.74, 6) is -0.313. The fourth-order valence-corrected chi connectivity index (χ4v) is 2.26. The second-order valence-electron chi connectivity index (χ2n) is 5.05. The van der Waals surface area contributed by atoms with E-state index >= 15 is 0 Å². The first kappa shape index (κ1) is 15.6. The van der Waals surface area contributed by atoms with Gasteiger partial charge in [-0.15, -0.1) is 0 Å². The van der Waals surface area contributed by atoms with Crippen LogP contribution >= 0.6 is 0 Å². The lowest BCUT2D eigenvalue weighted by Gasteiger charge is -2.21. The van der Waals surface area contributed by atoms with Crippen LogP contribution in [0.15, 0.2) is 48.7 Å². The summed E-state index contributed by atoms with van der Waals surface area (Å²) in [4.78, 5) is 6.52. The minimum atomic E-state index is -0.640. The summed E-state index contributed by atoms with van der Waals surface area (Å²) in [7, 11) is 0. The Labute approximate surface area is 125 Å². The molecule has 0 aliphatic heterocycles. The molecular weight excluding hydrogens is 267 g/mol. The van der Waals surface area contributed by atoms with Crippen molar-refractivity contribution < 1.29 is 9.50 Å². The molecule has 0 fully saturated rings. The first-order chi connectivity index (χ1) is 10.2. The van der Waals surface area contributed by atoms with E-state index in [1.54, 1.807) is 18.3 Å². The SMILES string of the molecule is CCN(CCC(O)c1cccc(F)c1)Cc1ccccn1. The highest BCUT2D eigenvalue weighted by Gasteiger charge is 2.11. The van der Waals surface area contributed by atoms with Gasteiger partial charge in [0.2, 0.25) is 0 Å². The van der Waals surface area contributed by atoms with Crippen LogP contribution in [0.1, 0.15) is 30.7 Å². The van der Waals surface area contributed by atoms with Gasteiger partial charge in [0.05, 0.1) is 11.8 Å². The van der Waals surface area contributed by atoms with E-state index in [1.165, 1.54) is 12.1 Å². The third kappa shape index (κ3) is 4.92. The smallest absolute Gasteiger partial charge is 0.123 e. The molecule has 0 spiro atoms. The largest absolute Gasteiger partial charge is 0.388 e. The number of rotatable bonds is 7. The Hall–Kier alpha value is -1.78. The summed E-state index contributed by atoms with van der Waals surface area (Å²) < 4.78 is 13.2. The number of aliphatic hydroxyl groups is 1. The van der Waals surface area contributed by atoms with E-state index in [0.717, 1.165) is 25.3 Å². The molecule has 1 aromatic carbocycles. The summed E-state index contributed by atoms with van der Waals surface area (Å²) in [6, 6.07) is 12.0. The van der Waals surface area contributed by atoms with E-state index in [1.807, 2.05) is 18.2 Å². The Morgan fingerprint density at radius 1 is 1.24 bits per heavy atom. The summed E-state index contributed by atoms with van der Waals surface area (Å²) in [6.07, 6.45) is 1.72. The summed E-state index contributed by atoms with van der Waals surface area (Å²) in [5.41, 5.74) is 1.64. The second kappa shape index (κ2) is 7.86. The van der Waals surface area contributed by atoms with Crippen molar-refractivity contribution in [2.24, 2.45) is 0 Å². The fourth-order valence-electron chi connectivity index (χ4n) is 2.26. The molecule has 0 radical (unpaired) electrons. The zero-order valence-corrected chi connectivity index (χ0v) is 12.2. The topological polar surface area (TPSA) is 36.4 Å². The number of hydrogen-bond donors (Lipinski definition) is 1. The van der Waals surface area contributed by atoms with Crippen LogP contribution < -0.4 is 0 Å². The van der Waals surface area contributed by atoms with Gasteiger partial charge in [-0.25, -0.2) is 4.39 Å². The van der Waals surface area contributed by atoms with E-state index in [4.69, 9.17) is 0 Å². The highest BCUT2D eigenvalue weighted by Crippen LogP contribution is 2.18. The van der Waals surface area contributed by atoms with Gasteiger partial charge in [-0.2, -0.15) is 0 Å². The van der Waals surface area contributed by atoms with Gasteiger partial charge in [0.25, 0.3) is 0 Å². The molecule has 2 rings (SSSR count). The van der Waals surface area contributed by atoms with E-state index in [9.17, 15) is 9.50 Å². The van der Waals surface area contributed by atoms with Crippen molar-refractivity contribution in [1.82, 2.24) is 9.88 Å². The van der Waals surface area contributed by atoms with Crippen LogP contribution in [-0.4, -0.2) is 28.1 Å². The number of pyridine rings is 1. The monoisotopic (exact) mass is 288 g/mol. The van der Waals surface area contributed by atoms with E-state index in [2.05, 4.69) is 16.8 Å². The van der Waals surface area contributed by atoms with Crippen molar-refractivity contribution in [3.63, 3.8) is 0 Å². The molecule has 112 valence electrons. The molecule has 1 unspecified atom stereocenters. The lowest BCUT2D eigenvalue weighted by Crippen LogP contribution is -2.25. The highest BCUT2D eigenvalue weighted by molar-refractivity contribution is 5.18. The Bertz CT molecular complexity index is 547. The summed E-state index contributed by atoms with van der Waals surface area (Å²) in [5, 5.41) is 10.1. The number of hydrogen-bond acceptors (Lipinski definition) is 3. The lowest BCUT2D eigenvalue weighted by molar-refractivity contribution is 0.141. The zero-order valence-electron chi connectivity index (χ0n) is 12.2. The normalized spacial score (nSPS) is 12.6. The molecule has 2 aromatic rings. The number of halogens is 1. The predicted octanol–water partition coefficient (Wildman–Crippen LogP) is 3.17. The highest BCUT2D eigenvalue weighted by atomic mass is 19.1. The number of aliphatic hydroxyl groups excluding tert-OH is 1. The molecule has 1 N–H and O–H groups in total. The quantitative estimate of drug-likeness (QED) is 0.850. The standard InChI is InChI=1S/C17H21FN2O/c1-2-20(13-16-8-3-4-10-19-16)11-9-17(21)14-6-5-7-15(18)12-14/h3-8,10,12,17,21H,2,9,11,13H2,1H3. The first-order valence-electron chi connectivity index (χ1n) is 7.25. The molecule has 1 heterocycles. The van der Waals surface area contributed by atoms with Gasteiger partial charge in [0.15, 0.2) is 0 Å². The Kier molecular flexibility index (Phi) is 5.84. The molecule has 1 atom stereocenters. The molecule has 0 saturated heterocycles. The maximum atomic E-state index is 13.2. The van der Waals surface area contributed by atoms with Crippen LogP contribution in [0.25, 0.3) is 0 Å². The van der Waals surface area contributed by atoms with Gasteiger partial charge in [0.1, 0.15) is 5.82 Å². The summed E-state index contributed by atoms with van der Waals surface area (Å²) >= 11 is 0. The average molecular weight is 288 g/mol. The van der Waals surface area contributed by atoms with Gasteiger partial charge in [-0.3, -0.25) is 9.88 Å². The average Bonchev–Trinajstić information content (AvgIpc) is 2.52. The van der Waals surface area contributed by atoms with Crippen LogP contribution in [0.4, 0.5) is 4.39 Å². The molecule has 3 nitrogen and oxygen atoms in total. The fraction of sp³-hybridized carbons (Fsp3) is 0.353. The molecule has 0 saturated carbocycles. The summed E-state index contributed by atoms with van der Waals surface area (Å²) in [6.45, 7) is 4.46. The second-order valence-corrected chi connectivity index (χ2v) is 5.05. The maximum Gasteiger partial charge on any atom is 0.123 e. The predicted molar refractivity (Wildman–Crippen MR) is 81.2 cm³/mol. The lowest BCUT2D eigenvalue weighted by atomic mass is 10.1. The molecule has 1 aromatic heterocycles. The molecular formula is C17H21FN2O. The van der Waals surface area contributed by atoms with Crippen molar-refractivity contribution >= 4 is 0 Å². The van der Waals surface area contributed by atoms with Crippen molar-refractivity contribution in [1.29, 1.82) is 0 Å². The molecule has 0 bridgehead atoms. The Morgan fingerprint density at radius 3 is 2.76 bits per heavy atom. The van der Waals surface area contributed by atoms with Gasteiger partial charge >= 0.3 is 0 Å². The minimum Gasteiger partial charge on any atom is -0.388 e. The molecule has 21 heavy (non-hydrogen) atoms. The van der Waals surface area contributed by atoms with Crippen LogP contribution in [-0.2, 0) is 6.54 Å². The molecule has 0 aliphatic carbocycles. The minimum absolute atomic E-state index is 0.313. The van der Waals surface area contributed by atoms with Gasteiger partial charge in [0, 0.05) is 19.3 Å². The van der Waals surface area contributed by atoms with Crippen LogP contribution in [0.5, 0.6) is 0 Å². The maximum absolute atomic E-state index is 13.2. The van der Waals surface area contributed by atoms with Gasteiger partial charge in [-0.1, -0.05) is 25.1 Å². The third-order valence-corrected chi connectivity index (χ3v) is 3.51. The van der Waals surface area contributed by atoms with Gasteiger partial charge < -0.3 is 5.11 Å². The number of benzene rings is 1. The van der Waals surface area contributed by atoms with Crippen LogP contribution in [0.2, 0.25) is 0 Å². The van der Waals surface area contributed by atoms with Crippen LogP contribution in [0.3, 0.4) is 0 Å². The Morgan fingerprint density at radius 2 is 2.10 bits per heavy atom. The van der Waals surface area contributed by atoms with Crippen molar-refractivity contribution in [3.05, 3.63) is 65.7 Å². The zero-order chi connectivity index (χ0) is 15.1. The van der Waals surface area contributed by atoms with Crippen molar-refractivity contribution in [2.75, 3.05) is 13.1 Å². The molecule has 4 heteroatoms. The van der Waals surface area contributed by atoms with Crippen LogP contribution in [0, 0.1) is 5.82 Å². The third-order valence-electron chi connectivity index (χ3n) is 3.51. The van der Waals surface area contributed by atoms with Gasteiger partial charge in [-0.05, 0) is 42.8 Å². The molecule has 0 amide bonds. The van der Waals surface area contributed by atoms with E-state index in [-0.39, 0.29) is 5.82 Å². The van der Waals surface area contributed by atoms with E-state index in [0.29, 0.717) is 12.0 Å². The van der Waals surface area contributed by atoms with E-state index < -0.39 is 6.10 Å². The number of aromatic nitrogens is 1. The van der Waals surface area contributed by atoms with Crippen molar-refractivity contribution in [2.45, 2.75) is 26.0 Å². The first-order valence-corrected chi connectivity index (χ1v) is 7.25. The van der Waals surface area contributed by atoms with Crippen molar-refractivity contribution in [3.8, 4) is 0 Å². The molecule has 0 aliphatic rings.